The molecule has 0 saturated carbocycles. The van der Waals surface area contributed by atoms with Crippen molar-refractivity contribution >= 4 is 51.0 Å². The van der Waals surface area contributed by atoms with E-state index in [1.165, 1.54) is 18.7 Å². The molecular formula is C22H22BrClN4O3S. The van der Waals surface area contributed by atoms with Crippen molar-refractivity contribution < 1.29 is 14.3 Å². The molecule has 0 bridgehead atoms. The van der Waals surface area contributed by atoms with Crippen molar-refractivity contribution in [3.63, 3.8) is 0 Å². The van der Waals surface area contributed by atoms with Crippen molar-refractivity contribution in [1.29, 1.82) is 0 Å². The SMILES string of the molecule is COc1ccc(-n2c(CCCNC(C)=O)nnc2SCC(=O)c2ccc(Br)cc2)cc1Cl. The highest BCUT2D eigenvalue weighted by Crippen LogP contribution is 2.30. The average Bonchev–Trinajstić information content (AvgIpc) is 3.18. The fraction of sp³-hybridized carbons (Fsp3) is 0.273. The Hall–Kier alpha value is -2.36. The maximum Gasteiger partial charge on any atom is 0.216 e. The highest BCUT2D eigenvalue weighted by atomic mass is 79.9. The van der Waals surface area contributed by atoms with Gasteiger partial charge in [-0.05, 0) is 36.8 Å². The number of methoxy groups -OCH3 is 1. The number of benzene rings is 2. The molecule has 1 amide bonds. The van der Waals surface area contributed by atoms with Crippen LogP contribution < -0.4 is 10.1 Å². The molecule has 1 aromatic heterocycles. The lowest BCUT2D eigenvalue weighted by atomic mass is 10.2. The number of Topliss-reactive ketones (excluding diaryl/α,β-unsaturated/α-hetero) is 1. The maximum atomic E-state index is 12.6. The van der Waals surface area contributed by atoms with Crippen molar-refractivity contribution in [3.8, 4) is 11.4 Å². The second-order valence-electron chi connectivity index (χ2n) is 6.86. The Kier molecular flexibility index (Phi) is 8.72. The van der Waals surface area contributed by atoms with Crippen LogP contribution in [0.25, 0.3) is 5.69 Å². The molecule has 1 heterocycles. The number of nitrogens with one attached hydrogen (secondary N) is 1. The minimum atomic E-state index is -0.0731. The van der Waals surface area contributed by atoms with Gasteiger partial charge in [-0.15, -0.1) is 10.2 Å². The van der Waals surface area contributed by atoms with Crippen molar-refractivity contribution in [1.82, 2.24) is 20.1 Å². The number of ether oxygens (including phenoxy) is 1. The number of halogens is 2. The summed E-state index contributed by atoms with van der Waals surface area (Å²) in [5.41, 5.74) is 1.41. The first-order chi connectivity index (χ1) is 15.4. The number of carbonyl (C=O) groups is 2. The number of hydrogen-bond donors (Lipinski definition) is 1. The minimum absolute atomic E-state index is 0.00276. The van der Waals surface area contributed by atoms with E-state index in [-0.39, 0.29) is 17.4 Å². The van der Waals surface area contributed by atoms with Crippen molar-refractivity contribution in [2.24, 2.45) is 0 Å². The first kappa shape index (κ1) is 24.3. The molecule has 32 heavy (non-hydrogen) atoms. The maximum absolute atomic E-state index is 12.6. The Morgan fingerprint density at radius 3 is 2.59 bits per heavy atom. The van der Waals surface area contributed by atoms with Crippen LogP contribution in [0.4, 0.5) is 0 Å². The molecule has 0 spiro atoms. The first-order valence-electron chi connectivity index (χ1n) is 9.83. The molecule has 0 radical (unpaired) electrons. The smallest absolute Gasteiger partial charge is 0.216 e. The van der Waals surface area contributed by atoms with Gasteiger partial charge in [0.15, 0.2) is 10.9 Å². The summed E-state index contributed by atoms with van der Waals surface area (Å²) in [6, 6.07) is 12.7. The predicted octanol–water partition coefficient (Wildman–Crippen LogP) is 4.74. The topological polar surface area (TPSA) is 86.1 Å². The summed E-state index contributed by atoms with van der Waals surface area (Å²) >= 11 is 11.0. The van der Waals surface area contributed by atoms with Gasteiger partial charge in [0.1, 0.15) is 11.6 Å². The lowest BCUT2D eigenvalue weighted by Gasteiger charge is -2.12. The molecule has 0 unspecified atom stereocenters. The molecule has 2 aromatic carbocycles. The number of ketones is 1. The molecule has 0 aliphatic carbocycles. The van der Waals surface area contributed by atoms with E-state index in [4.69, 9.17) is 16.3 Å². The molecule has 168 valence electrons. The van der Waals surface area contributed by atoms with Crippen LogP contribution in [0.1, 0.15) is 29.5 Å². The van der Waals surface area contributed by atoms with Crippen molar-refractivity contribution in [2.45, 2.75) is 24.9 Å². The van der Waals surface area contributed by atoms with Gasteiger partial charge < -0.3 is 10.1 Å². The van der Waals surface area contributed by atoms with Crippen LogP contribution in [0.3, 0.4) is 0 Å². The Labute approximate surface area is 204 Å². The number of nitrogens with zero attached hydrogens (tertiary/aromatic N) is 3. The van der Waals surface area contributed by atoms with Crippen LogP contribution >= 0.6 is 39.3 Å². The number of amides is 1. The Morgan fingerprint density at radius 2 is 1.94 bits per heavy atom. The van der Waals surface area contributed by atoms with E-state index in [2.05, 4.69) is 31.4 Å². The van der Waals surface area contributed by atoms with Gasteiger partial charge in [-0.3, -0.25) is 14.2 Å². The fourth-order valence-electron chi connectivity index (χ4n) is 2.97. The molecule has 0 aliphatic rings. The van der Waals surface area contributed by atoms with E-state index < -0.39 is 0 Å². The van der Waals surface area contributed by atoms with Crippen molar-refractivity contribution in [3.05, 3.63) is 63.3 Å². The van der Waals surface area contributed by atoms with Crippen LogP contribution in [0.5, 0.6) is 5.75 Å². The summed E-state index contributed by atoms with van der Waals surface area (Å²) in [4.78, 5) is 23.7. The average molecular weight is 538 g/mol. The zero-order valence-corrected chi connectivity index (χ0v) is 20.8. The van der Waals surface area contributed by atoms with E-state index in [9.17, 15) is 9.59 Å². The van der Waals surface area contributed by atoms with Crippen molar-refractivity contribution in [2.75, 3.05) is 19.4 Å². The molecule has 3 aromatic rings. The minimum Gasteiger partial charge on any atom is -0.495 e. The number of rotatable bonds is 10. The fourth-order valence-corrected chi connectivity index (χ4v) is 4.35. The molecular weight excluding hydrogens is 516 g/mol. The van der Waals surface area contributed by atoms with Gasteiger partial charge in [0.25, 0.3) is 0 Å². The second kappa shape index (κ2) is 11.5. The monoisotopic (exact) mass is 536 g/mol. The third-order valence-corrected chi connectivity index (χ3v) is 6.30. The zero-order chi connectivity index (χ0) is 23.1. The second-order valence-corrected chi connectivity index (χ2v) is 9.12. The standard InChI is InChI=1S/C22H22BrClN4O3S/c1-14(29)25-11-3-4-21-26-27-22(28(21)17-9-10-20(31-2)18(24)12-17)32-13-19(30)15-5-7-16(23)8-6-15/h5-10,12H,3-4,11,13H2,1-2H3,(H,25,29). The van der Waals surface area contributed by atoms with Gasteiger partial charge in [0.05, 0.1) is 23.6 Å². The number of hydrogen-bond acceptors (Lipinski definition) is 6. The largest absolute Gasteiger partial charge is 0.495 e. The highest BCUT2D eigenvalue weighted by Gasteiger charge is 2.17. The van der Waals surface area contributed by atoms with Crippen LogP contribution in [-0.4, -0.2) is 45.9 Å². The molecule has 0 atom stereocenters. The predicted molar refractivity (Wildman–Crippen MR) is 129 cm³/mol. The molecule has 7 nitrogen and oxygen atoms in total. The quantitative estimate of drug-likeness (QED) is 0.228. The Balaban J connectivity index is 1.82. The van der Waals surface area contributed by atoms with E-state index in [0.717, 1.165) is 16.0 Å². The summed E-state index contributed by atoms with van der Waals surface area (Å²) in [5.74, 6) is 1.42. The lowest BCUT2D eigenvalue weighted by molar-refractivity contribution is -0.118. The van der Waals surface area contributed by atoms with Gasteiger partial charge in [-0.1, -0.05) is 51.4 Å². The van der Waals surface area contributed by atoms with Crippen LogP contribution in [0, 0.1) is 0 Å². The molecule has 10 heteroatoms. The number of carbonyl (C=O) groups excluding carboxylic acids is 2. The third kappa shape index (κ3) is 6.34. The molecule has 1 N–H and O–H groups in total. The van der Waals surface area contributed by atoms with Gasteiger partial charge in [-0.25, -0.2) is 0 Å². The zero-order valence-electron chi connectivity index (χ0n) is 17.6. The summed E-state index contributed by atoms with van der Waals surface area (Å²) in [7, 11) is 1.56. The molecule has 0 fully saturated rings. The lowest BCUT2D eigenvalue weighted by Crippen LogP contribution is -2.21. The van der Waals surface area contributed by atoms with Gasteiger partial charge in [0.2, 0.25) is 5.91 Å². The van der Waals surface area contributed by atoms with Crippen LogP contribution in [0.15, 0.2) is 52.1 Å². The Morgan fingerprint density at radius 1 is 1.19 bits per heavy atom. The van der Waals surface area contributed by atoms with Crippen LogP contribution in [-0.2, 0) is 11.2 Å². The number of aryl methyl sites for hydroxylation is 1. The summed E-state index contributed by atoms with van der Waals surface area (Å²) in [5, 5.41) is 12.5. The molecule has 3 rings (SSSR count). The summed E-state index contributed by atoms with van der Waals surface area (Å²) < 4.78 is 8.06. The van der Waals surface area contributed by atoms with Gasteiger partial charge >= 0.3 is 0 Å². The Bertz CT molecular complexity index is 1110. The van der Waals surface area contributed by atoms with Crippen LogP contribution in [0.2, 0.25) is 5.02 Å². The summed E-state index contributed by atoms with van der Waals surface area (Å²) in [6.45, 7) is 2.02. The normalized spacial score (nSPS) is 10.8. The summed E-state index contributed by atoms with van der Waals surface area (Å²) in [6.07, 6.45) is 1.29. The van der Waals surface area contributed by atoms with E-state index >= 15 is 0 Å². The van der Waals surface area contributed by atoms with E-state index in [0.29, 0.717) is 40.9 Å². The van der Waals surface area contributed by atoms with Gasteiger partial charge in [0, 0.05) is 29.9 Å². The third-order valence-electron chi connectivity index (χ3n) is 4.54. The van der Waals surface area contributed by atoms with Gasteiger partial charge in [-0.2, -0.15) is 0 Å². The highest BCUT2D eigenvalue weighted by molar-refractivity contribution is 9.10. The van der Waals surface area contributed by atoms with E-state index in [1.54, 1.807) is 31.4 Å². The molecule has 0 saturated heterocycles. The first-order valence-corrected chi connectivity index (χ1v) is 12.0. The number of aromatic nitrogens is 3. The molecule has 0 aliphatic heterocycles. The van der Waals surface area contributed by atoms with E-state index in [1.807, 2.05) is 22.8 Å². The number of thioether (sulfide) groups is 1.